The van der Waals surface area contributed by atoms with Gasteiger partial charge in [-0.25, -0.2) is 9.97 Å². The zero-order chi connectivity index (χ0) is 17.8. The van der Waals surface area contributed by atoms with Crippen molar-refractivity contribution < 1.29 is 0 Å². The van der Waals surface area contributed by atoms with Crippen LogP contribution in [0.3, 0.4) is 0 Å². The molecule has 5 heteroatoms. The Hall–Kier alpha value is -2.79. The molecule has 132 valence electrons. The maximum Gasteiger partial charge on any atom is 0.131 e. The topological polar surface area (TPSA) is 53.9 Å². The Morgan fingerprint density at radius 3 is 2.81 bits per heavy atom. The number of hydrogen-bond acceptors (Lipinski definition) is 5. The van der Waals surface area contributed by atoms with Gasteiger partial charge in [0.1, 0.15) is 11.6 Å². The SMILES string of the molecule is Cc1cccc(CN2CCC[C@@H]2c2ccnc(Nc3ccccn3)c2)n1. The quantitative estimate of drug-likeness (QED) is 0.749. The van der Waals surface area contributed by atoms with E-state index in [1.54, 1.807) is 6.20 Å². The first kappa shape index (κ1) is 16.7. The molecule has 4 heterocycles. The molecular weight excluding hydrogens is 322 g/mol. The molecule has 3 aromatic heterocycles. The summed E-state index contributed by atoms with van der Waals surface area (Å²) in [7, 11) is 0. The van der Waals surface area contributed by atoms with Gasteiger partial charge in [-0.3, -0.25) is 9.88 Å². The Labute approximate surface area is 154 Å². The maximum atomic E-state index is 4.66. The second-order valence-corrected chi connectivity index (χ2v) is 6.71. The van der Waals surface area contributed by atoms with Gasteiger partial charge in [0.25, 0.3) is 0 Å². The predicted octanol–water partition coefficient (Wildman–Crippen LogP) is 4.26. The third-order valence-corrected chi connectivity index (χ3v) is 4.76. The van der Waals surface area contributed by atoms with Crippen LogP contribution >= 0.6 is 0 Å². The molecule has 0 aromatic carbocycles. The van der Waals surface area contributed by atoms with Gasteiger partial charge in [0, 0.05) is 30.7 Å². The van der Waals surface area contributed by atoms with Crippen LogP contribution in [0.1, 0.15) is 35.8 Å². The molecule has 4 rings (SSSR count). The van der Waals surface area contributed by atoms with E-state index in [-0.39, 0.29) is 0 Å². The summed E-state index contributed by atoms with van der Waals surface area (Å²) in [5, 5.41) is 3.29. The molecule has 0 amide bonds. The van der Waals surface area contributed by atoms with Gasteiger partial charge < -0.3 is 5.32 Å². The highest BCUT2D eigenvalue weighted by Gasteiger charge is 2.26. The van der Waals surface area contributed by atoms with Gasteiger partial charge in [0.15, 0.2) is 0 Å². The van der Waals surface area contributed by atoms with Crippen LogP contribution in [0.4, 0.5) is 11.6 Å². The Bertz CT molecular complexity index is 865. The lowest BCUT2D eigenvalue weighted by molar-refractivity contribution is 0.245. The summed E-state index contributed by atoms with van der Waals surface area (Å²) in [6, 6.07) is 16.7. The molecule has 0 spiro atoms. The second kappa shape index (κ2) is 7.62. The smallest absolute Gasteiger partial charge is 0.131 e. The average Bonchev–Trinajstić information content (AvgIpc) is 3.11. The lowest BCUT2D eigenvalue weighted by Crippen LogP contribution is -2.23. The maximum absolute atomic E-state index is 4.66. The summed E-state index contributed by atoms with van der Waals surface area (Å²) in [6.07, 6.45) is 6.03. The molecule has 1 aliphatic rings. The van der Waals surface area contributed by atoms with Gasteiger partial charge in [-0.15, -0.1) is 0 Å². The summed E-state index contributed by atoms with van der Waals surface area (Å²) in [4.78, 5) is 15.9. The molecule has 26 heavy (non-hydrogen) atoms. The lowest BCUT2D eigenvalue weighted by Gasteiger charge is -2.25. The van der Waals surface area contributed by atoms with Crippen molar-refractivity contribution in [3.63, 3.8) is 0 Å². The largest absolute Gasteiger partial charge is 0.325 e. The van der Waals surface area contributed by atoms with E-state index in [0.717, 1.165) is 36.1 Å². The minimum absolute atomic E-state index is 0.407. The number of nitrogens with one attached hydrogen (secondary N) is 1. The molecule has 0 unspecified atom stereocenters. The van der Waals surface area contributed by atoms with E-state index in [1.165, 1.54) is 18.4 Å². The summed E-state index contributed by atoms with van der Waals surface area (Å²) in [5.74, 6) is 1.64. The van der Waals surface area contributed by atoms with Gasteiger partial charge in [-0.2, -0.15) is 0 Å². The molecule has 0 saturated carbocycles. The zero-order valence-corrected chi connectivity index (χ0v) is 15.0. The van der Waals surface area contributed by atoms with Crippen LogP contribution < -0.4 is 5.32 Å². The van der Waals surface area contributed by atoms with E-state index < -0.39 is 0 Å². The van der Waals surface area contributed by atoms with Crippen molar-refractivity contribution in [1.82, 2.24) is 19.9 Å². The molecule has 0 aliphatic carbocycles. The number of pyridine rings is 3. The van der Waals surface area contributed by atoms with Crippen molar-refractivity contribution in [3.05, 3.63) is 77.9 Å². The highest BCUT2D eigenvalue weighted by Crippen LogP contribution is 2.33. The third kappa shape index (κ3) is 3.89. The van der Waals surface area contributed by atoms with E-state index in [4.69, 9.17) is 0 Å². The first-order valence-electron chi connectivity index (χ1n) is 9.08. The third-order valence-electron chi connectivity index (χ3n) is 4.76. The van der Waals surface area contributed by atoms with E-state index >= 15 is 0 Å². The van der Waals surface area contributed by atoms with Gasteiger partial charge >= 0.3 is 0 Å². The highest BCUT2D eigenvalue weighted by atomic mass is 15.2. The van der Waals surface area contributed by atoms with E-state index in [9.17, 15) is 0 Å². The van der Waals surface area contributed by atoms with Crippen molar-refractivity contribution in [2.24, 2.45) is 0 Å². The first-order valence-corrected chi connectivity index (χ1v) is 9.08. The number of likely N-dealkylation sites (tertiary alicyclic amines) is 1. The van der Waals surface area contributed by atoms with Crippen LogP contribution in [0.5, 0.6) is 0 Å². The summed E-state index contributed by atoms with van der Waals surface area (Å²) < 4.78 is 0. The molecule has 1 aliphatic heterocycles. The molecular formula is C21H23N5. The fraction of sp³-hybridized carbons (Fsp3) is 0.286. The summed E-state index contributed by atoms with van der Waals surface area (Å²) in [5.41, 5.74) is 3.50. The number of nitrogens with zero attached hydrogens (tertiary/aromatic N) is 4. The molecule has 1 atom stereocenters. The highest BCUT2D eigenvalue weighted by molar-refractivity contribution is 5.52. The Morgan fingerprint density at radius 1 is 1.04 bits per heavy atom. The summed E-state index contributed by atoms with van der Waals surface area (Å²) in [6.45, 7) is 4.03. The number of hydrogen-bond donors (Lipinski definition) is 1. The molecule has 1 N–H and O–H groups in total. The lowest BCUT2D eigenvalue weighted by atomic mass is 10.1. The van der Waals surface area contributed by atoms with Crippen LogP contribution in [0.15, 0.2) is 60.9 Å². The predicted molar refractivity (Wildman–Crippen MR) is 103 cm³/mol. The van der Waals surface area contributed by atoms with Crippen LogP contribution in [0, 0.1) is 6.92 Å². The Balaban J connectivity index is 1.51. The minimum Gasteiger partial charge on any atom is -0.325 e. The van der Waals surface area contributed by atoms with Gasteiger partial charge in [0.2, 0.25) is 0 Å². The van der Waals surface area contributed by atoms with Crippen LogP contribution in [0.25, 0.3) is 0 Å². The Kier molecular flexibility index (Phi) is 4.88. The number of rotatable bonds is 5. The number of anilines is 2. The van der Waals surface area contributed by atoms with E-state index in [0.29, 0.717) is 6.04 Å². The van der Waals surface area contributed by atoms with Gasteiger partial charge in [-0.1, -0.05) is 12.1 Å². The monoisotopic (exact) mass is 345 g/mol. The first-order chi connectivity index (χ1) is 12.8. The Morgan fingerprint density at radius 2 is 1.96 bits per heavy atom. The van der Waals surface area contributed by atoms with Crippen molar-refractivity contribution in [1.29, 1.82) is 0 Å². The summed E-state index contributed by atoms with van der Waals surface area (Å²) >= 11 is 0. The van der Waals surface area contributed by atoms with E-state index in [1.807, 2.05) is 37.4 Å². The molecule has 3 aromatic rings. The average molecular weight is 345 g/mol. The number of aromatic nitrogens is 3. The zero-order valence-electron chi connectivity index (χ0n) is 15.0. The van der Waals surface area contributed by atoms with Crippen molar-refractivity contribution in [2.45, 2.75) is 32.4 Å². The van der Waals surface area contributed by atoms with Crippen molar-refractivity contribution >= 4 is 11.6 Å². The van der Waals surface area contributed by atoms with Crippen LogP contribution in [-0.2, 0) is 6.54 Å². The van der Waals surface area contributed by atoms with E-state index in [2.05, 4.69) is 49.4 Å². The molecule has 1 saturated heterocycles. The molecule has 0 radical (unpaired) electrons. The fourth-order valence-electron chi connectivity index (χ4n) is 3.58. The molecule has 1 fully saturated rings. The number of aryl methyl sites for hydroxylation is 1. The minimum atomic E-state index is 0.407. The van der Waals surface area contributed by atoms with Gasteiger partial charge in [0.05, 0.1) is 5.69 Å². The molecule has 0 bridgehead atoms. The molecule has 5 nitrogen and oxygen atoms in total. The second-order valence-electron chi connectivity index (χ2n) is 6.71. The van der Waals surface area contributed by atoms with Crippen LogP contribution in [-0.4, -0.2) is 26.4 Å². The van der Waals surface area contributed by atoms with Gasteiger partial charge in [-0.05, 0) is 68.3 Å². The normalized spacial score (nSPS) is 17.3. The standard InChI is InChI=1S/C21H23N5/c1-16-6-4-7-18(24-16)15-26-13-5-8-19(26)17-10-12-23-21(14-17)25-20-9-2-3-11-22-20/h2-4,6-7,9-12,14,19H,5,8,13,15H2,1H3,(H,22,23,25)/t19-/m1/s1. The fourth-order valence-corrected chi connectivity index (χ4v) is 3.58. The van der Waals surface area contributed by atoms with Crippen molar-refractivity contribution in [3.8, 4) is 0 Å². The van der Waals surface area contributed by atoms with Crippen molar-refractivity contribution in [2.75, 3.05) is 11.9 Å². The van der Waals surface area contributed by atoms with Crippen LogP contribution in [0.2, 0.25) is 0 Å².